The van der Waals surface area contributed by atoms with Crippen LogP contribution in [0.4, 0.5) is 10.1 Å². The van der Waals surface area contributed by atoms with E-state index in [1.165, 1.54) is 12.1 Å². The zero-order valence-electron chi connectivity index (χ0n) is 13.7. The van der Waals surface area contributed by atoms with Crippen molar-refractivity contribution >= 4 is 35.0 Å². The van der Waals surface area contributed by atoms with Crippen LogP contribution in [0.1, 0.15) is 31.7 Å². The van der Waals surface area contributed by atoms with Gasteiger partial charge in [-0.1, -0.05) is 36.2 Å². The predicted molar refractivity (Wildman–Crippen MR) is 98.4 cm³/mol. The van der Waals surface area contributed by atoms with Gasteiger partial charge < -0.3 is 10.4 Å². The van der Waals surface area contributed by atoms with Gasteiger partial charge in [0.15, 0.2) is 5.16 Å². The van der Waals surface area contributed by atoms with Crippen molar-refractivity contribution in [3.05, 3.63) is 45.5 Å². The van der Waals surface area contributed by atoms with Crippen LogP contribution in [0.2, 0.25) is 5.02 Å². The van der Waals surface area contributed by atoms with Crippen molar-refractivity contribution in [3.63, 3.8) is 0 Å². The van der Waals surface area contributed by atoms with E-state index in [4.69, 9.17) is 11.6 Å². The van der Waals surface area contributed by atoms with E-state index in [0.29, 0.717) is 10.8 Å². The highest BCUT2D eigenvalue weighted by molar-refractivity contribution is 7.99. The number of carbonyl (C=O) groups excluding carboxylic acids is 1. The van der Waals surface area contributed by atoms with Crippen molar-refractivity contribution in [2.24, 2.45) is 0 Å². The minimum Gasteiger partial charge on any atom is -0.493 e. The Kier molecular flexibility index (Phi) is 5.83. The third-order valence-electron chi connectivity index (χ3n) is 4.13. The molecule has 0 spiro atoms. The lowest BCUT2D eigenvalue weighted by Crippen LogP contribution is -2.26. The highest BCUT2D eigenvalue weighted by atomic mass is 35.5. The zero-order valence-corrected chi connectivity index (χ0v) is 15.3. The summed E-state index contributed by atoms with van der Waals surface area (Å²) in [4.78, 5) is 28.4. The molecule has 138 valence electrons. The van der Waals surface area contributed by atoms with E-state index < -0.39 is 5.82 Å². The first-order valence-corrected chi connectivity index (χ1v) is 9.50. The van der Waals surface area contributed by atoms with Crippen molar-refractivity contribution in [1.29, 1.82) is 0 Å². The fourth-order valence-electron chi connectivity index (χ4n) is 2.97. The van der Waals surface area contributed by atoms with Crippen molar-refractivity contribution < 1.29 is 14.3 Å². The predicted octanol–water partition coefficient (Wildman–Crippen LogP) is 3.59. The molecule has 1 aliphatic rings. The largest absolute Gasteiger partial charge is 0.493 e. The lowest BCUT2D eigenvalue weighted by Gasteiger charge is -2.17. The first kappa shape index (κ1) is 18.7. The van der Waals surface area contributed by atoms with Gasteiger partial charge in [0.05, 0.1) is 22.5 Å². The molecule has 0 aliphatic heterocycles. The SMILES string of the molecule is O=C(CSc1nc(O)cc(=O)n1C1CCCC1)Nc1ccc(F)cc1Cl. The molecule has 2 N–H and O–H groups in total. The van der Waals surface area contributed by atoms with Crippen molar-refractivity contribution in [2.45, 2.75) is 36.9 Å². The number of hydrogen-bond acceptors (Lipinski definition) is 5. The number of nitrogens with zero attached hydrogens (tertiary/aromatic N) is 2. The third kappa shape index (κ3) is 4.37. The Bertz CT molecular complexity index is 884. The Morgan fingerprint density at radius 3 is 2.81 bits per heavy atom. The highest BCUT2D eigenvalue weighted by Gasteiger charge is 2.22. The molecule has 0 unspecified atom stereocenters. The minimum absolute atomic E-state index is 0.0314. The van der Waals surface area contributed by atoms with E-state index in [2.05, 4.69) is 10.3 Å². The molecule has 2 aromatic rings. The summed E-state index contributed by atoms with van der Waals surface area (Å²) in [5.74, 6) is -1.27. The van der Waals surface area contributed by atoms with Crippen molar-refractivity contribution in [3.8, 4) is 5.88 Å². The summed E-state index contributed by atoms with van der Waals surface area (Å²) < 4.78 is 14.6. The second kappa shape index (κ2) is 8.09. The maximum atomic E-state index is 13.1. The number of amides is 1. The lowest BCUT2D eigenvalue weighted by molar-refractivity contribution is -0.113. The molecule has 9 heteroatoms. The average Bonchev–Trinajstić information content (AvgIpc) is 3.09. The number of hydrogen-bond donors (Lipinski definition) is 2. The van der Waals surface area contributed by atoms with Gasteiger partial charge >= 0.3 is 0 Å². The summed E-state index contributed by atoms with van der Waals surface area (Å²) >= 11 is 6.95. The fourth-order valence-corrected chi connectivity index (χ4v) is 4.05. The Balaban J connectivity index is 1.72. The second-order valence-electron chi connectivity index (χ2n) is 6.00. The third-order valence-corrected chi connectivity index (χ3v) is 5.40. The average molecular weight is 398 g/mol. The number of anilines is 1. The van der Waals surface area contributed by atoms with E-state index in [0.717, 1.165) is 49.6 Å². The Labute approximate surface area is 158 Å². The number of halogens is 2. The molecule has 1 aromatic heterocycles. The van der Waals surface area contributed by atoms with Crippen LogP contribution in [0, 0.1) is 5.82 Å². The Hall–Kier alpha value is -2.06. The maximum absolute atomic E-state index is 13.1. The standard InChI is InChI=1S/C17H17ClFN3O3S/c18-12-7-10(19)5-6-13(12)20-15(24)9-26-17-21-14(23)8-16(25)22(17)11-3-1-2-4-11/h5-8,11,23H,1-4,9H2,(H,20,24). The van der Waals surface area contributed by atoms with Crippen LogP contribution in [-0.4, -0.2) is 26.3 Å². The maximum Gasteiger partial charge on any atom is 0.258 e. The number of rotatable bonds is 5. The number of thioether (sulfide) groups is 1. The molecule has 1 aromatic carbocycles. The van der Waals surface area contributed by atoms with Gasteiger partial charge in [0.2, 0.25) is 11.8 Å². The number of nitrogens with one attached hydrogen (secondary N) is 1. The summed E-state index contributed by atoms with van der Waals surface area (Å²) in [5.41, 5.74) is -0.0235. The van der Waals surface area contributed by atoms with E-state index >= 15 is 0 Å². The van der Waals surface area contributed by atoms with Gasteiger partial charge in [0.25, 0.3) is 5.56 Å². The van der Waals surface area contributed by atoms with E-state index in [9.17, 15) is 19.1 Å². The van der Waals surface area contributed by atoms with Gasteiger partial charge in [0.1, 0.15) is 5.82 Å². The van der Waals surface area contributed by atoms with Crippen LogP contribution < -0.4 is 10.9 Å². The molecule has 0 atom stereocenters. The Morgan fingerprint density at radius 1 is 1.38 bits per heavy atom. The van der Waals surface area contributed by atoms with Gasteiger partial charge in [-0.3, -0.25) is 14.2 Å². The smallest absolute Gasteiger partial charge is 0.258 e. The summed E-state index contributed by atoms with van der Waals surface area (Å²) in [5, 5.41) is 12.6. The highest BCUT2D eigenvalue weighted by Crippen LogP contribution is 2.32. The molecule has 0 radical (unpaired) electrons. The number of carbonyl (C=O) groups is 1. The van der Waals surface area contributed by atoms with Crippen LogP contribution >= 0.6 is 23.4 Å². The van der Waals surface area contributed by atoms with Gasteiger partial charge in [-0.05, 0) is 31.0 Å². The molecule has 1 heterocycles. The zero-order chi connectivity index (χ0) is 18.7. The molecular weight excluding hydrogens is 381 g/mol. The molecule has 26 heavy (non-hydrogen) atoms. The van der Waals surface area contributed by atoms with E-state index in [-0.39, 0.29) is 34.2 Å². The molecule has 1 aliphatic carbocycles. The van der Waals surface area contributed by atoms with Gasteiger partial charge in [-0.15, -0.1) is 0 Å². The molecule has 3 rings (SSSR count). The molecule has 6 nitrogen and oxygen atoms in total. The van der Waals surface area contributed by atoms with Gasteiger partial charge in [0, 0.05) is 6.04 Å². The van der Waals surface area contributed by atoms with Crippen LogP contribution in [0.5, 0.6) is 5.88 Å². The summed E-state index contributed by atoms with van der Waals surface area (Å²) in [6.07, 6.45) is 3.81. The second-order valence-corrected chi connectivity index (χ2v) is 7.35. The molecule has 0 bridgehead atoms. The minimum atomic E-state index is -0.494. The van der Waals surface area contributed by atoms with Crippen LogP contribution in [-0.2, 0) is 4.79 Å². The fraction of sp³-hybridized carbons (Fsp3) is 0.353. The van der Waals surface area contributed by atoms with Crippen LogP contribution in [0.15, 0.2) is 34.2 Å². The molecule has 1 saturated carbocycles. The number of aromatic nitrogens is 2. The summed E-state index contributed by atoms with van der Waals surface area (Å²) in [6, 6.07) is 4.80. The first-order valence-electron chi connectivity index (χ1n) is 8.14. The van der Waals surface area contributed by atoms with Gasteiger partial charge in [-0.25, -0.2) is 4.39 Å². The molecule has 1 amide bonds. The van der Waals surface area contributed by atoms with Gasteiger partial charge in [-0.2, -0.15) is 4.98 Å². The Morgan fingerprint density at radius 2 is 2.12 bits per heavy atom. The quantitative estimate of drug-likeness (QED) is 0.595. The topological polar surface area (TPSA) is 84.2 Å². The van der Waals surface area contributed by atoms with E-state index in [1.807, 2.05) is 0 Å². The summed E-state index contributed by atoms with van der Waals surface area (Å²) in [6.45, 7) is 0. The molecular formula is C17H17ClFN3O3S. The van der Waals surface area contributed by atoms with Crippen molar-refractivity contribution in [2.75, 3.05) is 11.1 Å². The van der Waals surface area contributed by atoms with Crippen molar-refractivity contribution in [1.82, 2.24) is 9.55 Å². The number of aromatic hydroxyl groups is 1. The molecule has 0 saturated heterocycles. The normalized spacial score (nSPS) is 14.5. The van der Waals surface area contributed by atoms with Crippen LogP contribution in [0.25, 0.3) is 0 Å². The lowest BCUT2D eigenvalue weighted by atomic mass is 10.2. The summed E-state index contributed by atoms with van der Waals surface area (Å²) in [7, 11) is 0. The van der Waals surface area contributed by atoms with Crippen LogP contribution in [0.3, 0.4) is 0 Å². The number of benzene rings is 1. The molecule has 1 fully saturated rings. The van der Waals surface area contributed by atoms with E-state index in [1.54, 1.807) is 4.57 Å². The first-order chi connectivity index (χ1) is 12.4. The monoisotopic (exact) mass is 397 g/mol.